The first-order chi connectivity index (χ1) is 23.3. The summed E-state index contributed by atoms with van der Waals surface area (Å²) in [5.41, 5.74) is 5.77. The fourth-order valence-electron chi connectivity index (χ4n) is 4.56. The van der Waals surface area contributed by atoms with Crippen molar-refractivity contribution in [3.05, 3.63) is 88.2 Å². The van der Waals surface area contributed by atoms with Crippen LogP contribution in [0.25, 0.3) is 0 Å². The van der Waals surface area contributed by atoms with Crippen molar-refractivity contribution < 1.29 is 51.5 Å². The number of fused-ring (bicyclic) bond motifs is 2. The number of hydrogen-bond acceptors (Lipinski definition) is 17. The molecular weight excluding hydrogens is 708 g/mol. The first-order valence-electron chi connectivity index (χ1n) is 13.6. The van der Waals surface area contributed by atoms with Crippen molar-refractivity contribution in [2.45, 2.75) is 16.7 Å². The van der Waals surface area contributed by atoms with Crippen LogP contribution in [-0.4, -0.2) is 63.9 Å². The first kappa shape index (κ1) is 35.2. The minimum atomic E-state index is -4.88. The van der Waals surface area contributed by atoms with Crippen LogP contribution in [0.5, 0.6) is 6.01 Å². The van der Waals surface area contributed by atoms with Crippen LogP contribution in [0.2, 0.25) is 5.28 Å². The van der Waals surface area contributed by atoms with Crippen molar-refractivity contribution in [2.75, 3.05) is 29.6 Å². The van der Waals surface area contributed by atoms with E-state index in [2.05, 4.69) is 41.5 Å². The topological polar surface area (TPSA) is 251 Å². The number of rotatable bonds is 13. The molecule has 0 spiro atoms. The molecule has 0 saturated carbocycles. The third-order valence-electron chi connectivity index (χ3n) is 6.62. The van der Waals surface area contributed by atoms with Crippen LogP contribution in [-0.2, 0) is 29.0 Å². The molecule has 0 bridgehead atoms. The van der Waals surface area contributed by atoms with E-state index in [0.29, 0.717) is 12.0 Å². The number of carbonyl (C=O) groups excluding carboxylic acids is 3. The molecule has 0 saturated heterocycles. The quantitative estimate of drug-likeness (QED) is 0.0163. The smallest absolute Gasteiger partial charge is 0.333 e. The van der Waals surface area contributed by atoms with Gasteiger partial charge in [0.15, 0.2) is 11.6 Å². The lowest BCUT2D eigenvalue weighted by Crippen LogP contribution is -2.24. The van der Waals surface area contributed by atoms with Crippen molar-refractivity contribution in [3.8, 4) is 6.01 Å². The van der Waals surface area contributed by atoms with E-state index in [4.69, 9.17) is 32.1 Å². The van der Waals surface area contributed by atoms with Crippen molar-refractivity contribution >= 4 is 80.0 Å². The van der Waals surface area contributed by atoms with E-state index < -0.39 is 32.5 Å². The maximum absolute atomic E-state index is 13.7. The minimum Gasteiger partial charge on any atom is -0.460 e. The third kappa shape index (κ3) is 7.78. The number of nitrogens with one attached hydrogen (secondary N) is 2. The molecule has 1 aliphatic rings. The van der Waals surface area contributed by atoms with E-state index in [1.807, 2.05) is 0 Å². The van der Waals surface area contributed by atoms with E-state index in [-0.39, 0.29) is 85.9 Å². The largest absolute Gasteiger partial charge is 0.460 e. The fraction of sp³-hybridized carbons (Fsp3) is 0.103. The lowest BCUT2D eigenvalue weighted by atomic mass is 9.82. The molecule has 0 amide bonds. The molecule has 0 aliphatic heterocycles. The third-order valence-corrected chi connectivity index (χ3v) is 8.35. The first-order valence-corrected chi connectivity index (χ1v) is 16.2. The standard InChI is InChI=1S/C29H23ClN6O11S2/c1-13(2)26(39)44-9-10-45-29-35-27(30)34-28(36-29)32-14-7-8-20(49(41,42)43)17(11-14)33-18-12-19(48-47-46-40)23(31)22-21(18)24(37)15-5-3-4-6-16(15)25(22)38/h3-8,11-12,33,40H,1,9-10,31H2,2H3,(H,41,42,43)(H,32,34,35,36). The molecule has 254 valence electrons. The molecule has 49 heavy (non-hydrogen) atoms. The predicted octanol–water partition coefficient (Wildman–Crippen LogP) is 4.54. The summed E-state index contributed by atoms with van der Waals surface area (Å²) in [6.45, 7) is 4.69. The van der Waals surface area contributed by atoms with E-state index in [1.165, 1.54) is 37.3 Å². The second-order valence-electron chi connectivity index (χ2n) is 9.93. The molecule has 6 N–H and O–H groups in total. The van der Waals surface area contributed by atoms with Gasteiger partial charge in [0.25, 0.3) is 10.1 Å². The van der Waals surface area contributed by atoms with Gasteiger partial charge in [0, 0.05) is 22.4 Å². The highest BCUT2D eigenvalue weighted by Gasteiger charge is 2.35. The van der Waals surface area contributed by atoms with E-state index in [1.54, 1.807) is 12.1 Å². The van der Waals surface area contributed by atoms with E-state index >= 15 is 0 Å². The normalized spacial score (nSPS) is 12.2. The van der Waals surface area contributed by atoms with Gasteiger partial charge >= 0.3 is 12.0 Å². The Labute approximate surface area is 286 Å². The lowest BCUT2D eigenvalue weighted by Gasteiger charge is -2.24. The van der Waals surface area contributed by atoms with Crippen LogP contribution in [0.15, 0.2) is 70.5 Å². The number of nitrogen functional groups attached to an aromatic ring is 1. The van der Waals surface area contributed by atoms with Gasteiger partial charge in [-0.05, 0) is 42.8 Å². The molecule has 1 aromatic heterocycles. The summed E-state index contributed by atoms with van der Waals surface area (Å²) in [5, 5.41) is 17.7. The number of benzene rings is 3. The Balaban J connectivity index is 1.52. The zero-order chi connectivity index (χ0) is 35.5. The number of nitrogens with two attached hydrogens (primary N) is 1. The fourth-order valence-corrected chi connectivity index (χ4v) is 5.80. The number of carbonyl (C=O) groups is 3. The highest BCUT2D eigenvalue weighted by molar-refractivity contribution is 7.94. The molecule has 0 fully saturated rings. The van der Waals surface area contributed by atoms with Gasteiger partial charge in [0.2, 0.25) is 11.2 Å². The van der Waals surface area contributed by atoms with E-state index in [9.17, 15) is 27.4 Å². The predicted molar refractivity (Wildman–Crippen MR) is 174 cm³/mol. The van der Waals surface area contributed by atoms with Crippen molar-refractivity contribution in [3.63, 3.8) is 0 Å². The SMILES string of the molecule is C=C(C)C(=O)OCCOc1nc(Cl)nc(Nc2ccc(S(=O)(=O)O)c(Nc3cc(SOOO)c(N)c4c3C(=O)c3ccccc3C4=O)c2)n1. The van der Waals surface area contributed by atoms with Crippen LogP contribution in [0.3, 0.4) is 0 Å². The second kappa shape index (κ2) is 14.5. The summed E-state index contributed by atoms with van der Waals surface area (Å²) in [5.74, 6) is -1.98. The summed E-state index contributed by atoms with van der Waals surface area (Å²) in [7, 11) is -4.88. The number of ether oxygens (including phenoxy) is 2. The van der Waals surface area contributed by atoms with Crippen LogP contribution >= 0.6 is 23.6 Å². The zero-order valence-corrected chi connectivity index (χ0v) is 27.3. The van der Waals surface area contributed by atoms with Gasteiger partial charge in [-0.25, -0.2) is 10.1 Å². The van der Waals surface area contributed by atoms with Crippen molar-refractivity contribution in [2.24, 2.45) is 0 Å². The Morgan fingerprint density at radius 1 is 1.00 bits per heavy atom. The Morgan fingerprint density at radius 3 is 2.35 bits per heavy atom. The Bertz CT molecular complexity index is 2130. The average molecular weight is 731 g/mol. The highest BCUT2D eigenvalue weighted by Crippen LogP contribution is 2.43. The van der Waals surface area contributed by atoms with Gasteiger partial charge in [-0.2, -0.15) is 23.4 Å². The van der Waals surface area contributed by atoms with Gasteiger partial charge in [-0.3, -0.25) is 14.1 Å². The van der Waals surface area contributed by atoms with Crippen LogP contribution in [0.1, 0.15) is 38.8 Å². The monoisotopic (exact) mass is 730 g/mol. The van der Waals surface area contributed by atoms with Crippen molar-refractivity contribution in [1.29, 1.82) is 0 Å². The van der Waals surface area contributed by atoms with Crippen LogP contribution in [0, 0.1) is 0 Å². The number of ketones is 2. The molecule has 0 atom stereocenters. The molecule has 0 radical (unpaired) electrons. The number of esters is 1. The van der Waals surface area contributed by atoms with Gasteiger partial charge in [0.1, 0.15) is 18.1 Å². The average Bonchev–Trinajstić information content (AvgIpc) is 3.04. The molecule has 0 unspecified atom stereocenters. The molecule has 1 heterocycles. The van der Waals surface area contributed by atoms with E-state index in [0.717, 1.165) is 6.07 Å². The summed E-state index contributed by atoms with van der Waals surface area (Å²) >= 11 is 6.43. The van der Waals surface area contributed by atoms with Gasteiger partial charge in [-0.15, -0.1) is 4.33 Å². The van der Waals surface area contributed by atoms with Gasteiger partial charge < -0.3 is 25.8 Å². The number of nitrogens with zero attached hydrogens (tertiary/aromatic N) is 3. The van der Waals surface area contributed by atoms with Gasteiger partial charge in [-0.1, -0.05) is 35.9 Å². The number of hydrogen-bond donors (Lipinski definition) is 5. The molecule has 20 heteroatoms. The lowest BCUT2D eigenvalue weighted by molar-refractivity contribution is -0.432. The van der Waals surface area contributed by atoms with Gasteiger partial charge in [0.05, 0.1) is 45.1 Å². The number of halogens is 1. The summed E-state index contributed by atoms with van der Waals surface area (Å²) in [6, 6.07) is 10.6. The molecule has 3 aromatic carbocycles. The molecule has 4 aromatic rings. The highest BCUT2D eigenvalue weighted by atomic mass is 35.5. The summed E-state index contributed by atoms with van der Waals surface area (Å²) in [4.78, 5) is 50.2. The number of aromatic nitrogens is 3. The summed E-state index contributed by atoms with van der Waals surface area (Å²) in [6.07, 6.45) is 0. The Kier molecular flexibility index (Phi) is 10.4. The maximum atomic E-state index is 13.7. The molecule has 5 rings (SSSR count). The minimum absolute atomic E-state index is 0.000246. The molecular formula is C29H23ClN6O11S2. The summed E-state index contributed by atoms with van der Waals surface area (Å²) < 4.78 is 49.7. The van der Waals surface area contributed by atoms with Crippen molar-refractivity contribution in [1.82, 2.24) is 15.0 Å². The Morgan fingerprint density at radius 2 is 1.69 bits per heavy atom. The number of anilines is 5. The Hall–Kier alpha value is -5.15. The van der Waals surface area contributed by atoms with Crippen LogP contribution < -0.4 is 21.1 Å². The second-order valence-corrected chi connectivity index (χ2v) is 12.4. The zero-order valence-electron chi connectivity index (χ0n) is 24.9. The molecule has 1 aliphatic carbocycles. The van der Waals surface area contributed by atoms with Crippen LogP contribution in [0.4, 0.5) is 28.7 Å². The maximum Gasteiger partial charge on any atom is 0.333 e. The molecule has 17 nitrogen and oxygen atoms in total.